The minimum atomic E-state index is 0.921. The van der Waals surface area contributed by atoms with Crippen molar-refractivity contribution in [2.75, 3.05) is 0 Å². The lowest BCUT2D eigenvalue weighted by Gasteiger charge is -2.12. The lowest BCUT2D eigenvalue weighted by atomic mass is 9.95. The molecule has 3 heteroatoms. The Labute approximate surface area is 159 Å². The minimum Gasteiger partial charge on any atom is -0.303 e. The number of nitrogens with zero attached hydrogens (tertiary/aromatic N) is 3. The summed E-state index contributed by atoms with van der Waals surface area (Å²) in [5, 5.41) is 1.35. The normalized spacial score (nSPS) is 13.1. The van der Waals surface area contributed by atoms with Gasteiger partial charge >= 0.3 is 0 Å². The molecule has 3 heterocycles. The number of aryl methyl sites for hydroxylation is 4. The number of pyridine rings is 1. The zero-order valence-electron chi connectivity index (χ0n) is 16.6. The van der Waals surface area contributed by atoms with Crippen molar-refractivity contribution in [2.24, 2.45) is 7.05 Å². The Morgan fingerprint density at radius 1 is 1.00 bits per heavy atom. The molecule has 0 fully saturated rings. The number of imidazole rings is 1. The standard InChI is InChI=1S/C24H24N3/c1-14-8-6-9-19-23(14)15(2)12-20(26(19)5)18-13-21-24(17(4)16(18)3)25-22-10-7-11-27(21)22/h6-9,11-13H,10H2,1-5H3/q+1. The van der Waals surface area contributed by atoms with Crippen molar-refractivity contribution < 1.29 is 4.57 Å². The predicted molar refractivity (Wildman–Crippen MR) is 112 cm³/mol. The van der Waals surface area contributed by atoms with Crippen LogP contribution in [0.1, 0.15) is 28.1 Å². The fourth-order valence-electron chi connectivity index (χ4n) is 4.58. The van der Waals surface area contributed by atoms with Crippen LogP contribution in [0.2, 0.25) is 0 Å². The molecule has 4 aromatic rings. The van der Waals surface area contributed by atoms with Gasteiger partial charge in [0.05, 0.1) is 22.0 Å². The van der Waals surface area contributed by atoms with Crippen LogP contribution in [-0.4, -0.2) is 9.55 Å². The quantitative estimate of drug-likeness (QED) is 0.444. The van der Waals surface area contributed by atoms with Crippen LogP contribution in [0.3, 0.4) is 0 Å². The van der Waals surface area contributed by atoms with Crippen molar-refractivity contribution in [3.05, 3.63) is 64.5 Å². The molecule has 27 heavy (non-hydrogen) atoms. The Bertz CT molecular complexity index is 1290. The summed E-state index contributed by atoms with van der Waals surface area (Å²) in [6.07, 6.45) is 5.25. The molecule has 0 radical (unpaired) electrons. The first-order chi connectivity index (χ1) is 13.0. The summed E-state index contributed by atoms with van der Waals surface area (Å²) in [4.78, 5) is 4.88. The van der Waals surface area contributed by atoms with E-state index in [-0.39, 0.29) is 0 Å². The molecule has 0 amide bonds. The molecule has 0 spiro atoms. The first-order valence-electron chi connectivity index (χ1n) is 9.54. The van der Waals surface area contributed by atoms with Crippen LogP contribution >= 0.6 is 0 Å². The first kappa shape index (κ1) is 16.2. The number of aromatic nitrogens is 3. The molecule has 0 N–H and O–H groups in total. The summed E-state index contributed by atoms with van der Waals surface area (Å²) in [5.41, 5.74) is 11.4. The van der Waals surface area contributed by atoms with Crippen molar-refractivity contribution in [3.63, 3.8) is 0 Å². The van der Waals surface area contributed by atoms with Gasteiger partial charge < -0.3 is 4.57 Å². The molecular weight excluding hydrogens is 330 g/mol. The molecule has 0 bridgehead atoms. The maximum atomic E-state index is 4.88. The SMILES string of the molecule is Cc1c(-c2cc(C)c3c(C)cccc3[n+]2C)cc2c(nc3n2C=CC3)c1C. The molecule has 3 nitrogen and oxygen atoms in total. The van der Waals surface area contributed by atoms with E-state index in [0.717, 1.165) is 17.8 Å². The lowest BCUT2D eigenvalue weighted by Crippen LogP contribution is -2.32. The van der Waals surface area contributed by atoms with Gasteiger partial charge in [-0.1, -0.05) is 18.2 Å². The fraction of sp³-hybridized carbons (Fsp3) is 0.250. The third-order valence-electron chi connectivity index (χ3n) is 6.18. The van der Waals surface area contributed by atoms with E-state index in [1.807, 2.05) is 0 Å². The zero-order chi connectivity index (χ0) is 18.9. The Hall–Kier alpha value is -2.94. The molecule has 2 aromatic heterocycles. The Morgan fingerprint density at radius 3 is 2.63 bits per heavy atom. The van der Waals surface area contributed by atoms with E-state index >= 15 is 0 Å². The van der Waals surface area contributed by atoms with E-state index < -0.39 is 0 Å². The molecule has 0 unspecified atom stereocenters. The summed E-state index contributed by atoms with van der Waals surface area (Å²) in [7, 11) is 2.18. The van der Waals surface area contributed by atoms with Gasteiger partial charge in [-0.3, -0.25) is 0 Å². The third kappa shape index (κ3) is 2.14. The summed E-state index contributed by atoms with van der Waals surface area (Å²) < 4.78 is 4.57. The lowest BCUT2D eigenvalue weighted by molar-refractivity contribution is -0.633. The van der Waals surface area contributed by atoms with Crippen LogP contribution in [0.5, 0.6) is 0 Å². The second-order valence-corrected chi connectivity index (χ2v) is 7.77. The third-order valence-corrected chi connectivity index (χ3v) is 6.18. The Kier molecular flexibility index (Phi) is 3.33. The fourth-order valence-corrected chi connectivity index (χ4v) is 4.58. The highest BCUT2D eigenvalue weighted by atomic mass is 15.1. The van der Waals surface area contributed by atoms with Gasteiger partial charge in [0.2, 0.25) is 11.2 Å². The molecule has 2 aromatic carbocycles. The topological polar surface area (TPSA) is 21.7 Å². The molecule has 0 saturated carbocycles. The smallest absolute Gasteiger partial charge is 0.213 e. The molecule has 1 aliphatic rings. The summed E-state index contributed by atoms with van der Waals surface area (Å²) in [5.74, 6) is 1.14. The van der Waals surface area contributed by atoms with Crippen molar-refractivity contribution in [2.45, 2.75) is 34.1 Å². The zero-order valence-corrected chi connectivity index (χ0v) is 16.6. The molecule has 0 atom stereocenters. The molecule has 0 aliphatic carbocycles. The Balaban J connectivity index is 1.88. The van der Waals surface area contributed by atoms with Crippen molar-refractivity contribution >= 4 is 28.1 Å². The van der Waals surface area contributed by atoms with E-state index in [1.54, 1.807) is 0 Å². The number of hydrogen-bond donors (Lipinski definition) is 0. The van der Waals surface area contributed by atoms with Crippen molar-refractivity contribution in [1.82, 2.24) is 9.55 Å². The van der Waals surface area contributed by atoms with Crippen LogP contribution in [0.15, 0.2) is 36.4 Å². The molecule has 134 valence electrons. The Morgan fingerprint density at radius 2 is 1.81 bits per heavy atom. The highest BCUT2D eigenvalue weighted by Crippen LogP contribution is 2.34. The number of hydrogen-bond acceptors (Lipinski definition) is 1. The van der Waals surface area contributed by atoms with Gasteiger partial charge in [-0.15, -0.1) is 0 Å². The average molecular weight is 354 g/mol. The molecular formula is C24H24N3+. The number of allylic oxidation sites excluding steroid dienone is 1. The van der Waals surface area contributed by atoms with Crippen molar-refractivity contribution in [1.29, 1.82) is 0 Å². The van der Waals surface area contributed by atoms with E-state index in [2.05, 4.69) is 86.5 Å². The molecule has 1 aliphatic heterocycles. The summed E-state index contributed by atoms with van der Waals surface area (Å²) in [6.45, 7) is 8.84. The van der Waals surface area contributed by atoms with Gasteiger partial charge in [0.25, 0.3) is 0 Å². The van der Waals surface area contributed by atoms with E-state index in [1.165, 1.54) is 49.9 Å². The van der Waals surface area contributed by atoms with Crippen LogP contribution in [0.25, 0.3) is 39.4 Å². The van der Waals surface area contributed by atoms with E-state index in [0.29, 0.717) is 0 Å². The maximum Gasteiger partial charge on any atom is 0.213 e. The minimum absolute atomic E-state index is 0.921. The van der Waals surface area contributed by atoms with Crippen LogP contribution < -0.4 is 4.57 Å². The van der Waals surface area contributed by atoms with E-state index in [4.69, 9.17) is 4.98 Å². The van der Waals surface area contributed by atoms with E-state index in [9.17, 15) is 0 Å². The van der Waals surface area contributed by atoms with Crippen molar-refractivity contribution in [3.8, 4) is 11.3 Å². The molecule has 0 saturated heterocycles. The number of benzene rings is 2. The van der Waals surface area contributed by atoms with Gasteiger partial charge in [0.1, 0.15) is 12.9 Å². The van der Waals surface area contributed by atoms with Gasteiger partial charge in [-0.2, -0.15) is 4.57 Å². The largest absolute Gasteiger partial charge is 0.303 e. The second kappa shape index (κ2) is 5.53. The van der Waals surface area contributed by atoms with Gasteiger partial charge in [0.15, 0.2) is 0 Å². The predicted octanol–water partition coefficient (Wildman–Crippen LogP) is 4.94. The highest BCUT2D eigenvalue weighted by molar-refractivity contribution is 5.90. The van der Waals surface area contributed by atoms with Crippen LogP contribution in [0, 0.1) is 27.7 Å². The second-order valence-electron chi connectivity index (χ2n) is 7.77. The van der Waals surface area contributed by atoms with Gasteiger partial charge in [-0.25, -0.2) is 4.98 Å². The van der Waals surface area contributed by atoms with Gasteiger partial charge in [0, 0.05) is 24.8 Å². The van der Waals surface area contributed by atoms with Gasteiger partial charge in [-0.05, 0) is 56.0 Å². The number of rotatable bonds is 1. The summed E-state index contributed by atoms with van der Waals surface area (Å²) in [6, 6.07) is 11.2. The summed E-state index contributed by atoms with van der Waals surface area (Å²) >= 11 is 0. The monoisotopic (exact) mass is 354 g/mol. The first-order valence-corrected chi connectivity index (χ1v) is 9.54. The highest BCUT2D eigenvalue weighted by Gasteiger charge is 2.23. The van der Waals surface area contributed by atoms with Crippen LogP contribution in [0.4, 0.5) is 0 Å². The maximum absolute atomic E-state index is 4.88. The number of fused-ring (bicyclic) bond motifs is 4. The average Bonchev–Trinajstić information content (AvgIpc) is 3.23. The molecule has 5 rings (SSSR count). The van der Waals surface area contributed by atoms with Crippen LogP contribution in [-0.2, 0) is 13.5 Å².